The fourth-order valence-corrected chi connectivity index (χ4v) is 2.55. The molecule has 96 valence electrons. The molecule has 0 bridgehead atoms. The molecule has 3 heteroatoms. The summed E-state index contributed by atoms with van der Waals surface area (Å²) in [5.41, 5.74) is 2.33. The standard InChI is InChI=1S/C16H14ClNS/c1-2-11-19-15-6-4-3-5-14(15)16(18)12-7-9-13(17)10-8-12/h2-11,18H,1H3/b11-2+,18-16?. The van der Waals surface area contributed by atoms with Crippen LogP contribution in [-0.4, -0.2) is 5.71 Å². The molecule has 0 aliphatic carbocycles. The first kappa shape index (κ1) is 13.9. The monoisotopic (exact) mass is 287 g/mol. The van der Waals surface area contributed by atoms with Crippen LogP contribution in [0.1, 0.15) is 18.1 Å². The zero-order valence-electron chi connectivity index (χ0n) is 10.6. The maximum atomic E-state index is 8.34. The predicted octanol–water partition coefficient (Wildman–Crippen LogP) is 5.38. The topological polar surface area (TPSA) is 23.9 Å². The quantitative estimate of drug-likeness (QED) is 0.592. The number of halogens is 1. The molecule has 0 saturated heterocycles. The lowest BCUT2D eigenvalue weighted by Crippen LogP contribution is -2.02. The van der Waals surface area contributed by atoms with Crippen molar-refractivity contribution < 1.29 is 0 Å². The van der Waals surface area contributed by atoms with E-state index in [2.05, 4.69) is 0 Å². The highest BCUT2D eigenvalue weighted by atomic mass is 35.5. The first-order valence-corrected chi connectivity index (χ1v) is 7.20. The van der Waals surface area contributed by atoms with Gasteiger partial charge >= 0.3 is 0 Å². The minimum Gasteiger partial charge on any atom is -0.300 e. The first-order chi connectivity index (χ1) is 9.22. The number of thioether (sulfide) groups is 1. The Labute approximate surface area is 122 Å². The highest BCUT2D eigenvalue weighted by molar-refractivity contribution is 8.02. The molecule has 0 atom stereocenters. The van der Waals surface area contributed by atoms with E-state index in [1.54, 1.807) is 11.8 Å². The highest BCUT2D eigenvalue weighted by Crippen LogP contribution is 2.26. The lowest BCUT2D eigenvalue weighted by Gasteiger charge is -2.09. The Balaban J connectivity index is 2.35. The summed E-state index contributed by atoms with van der Waals surface area (Å²) in [4.78, 5) is 1.08. The summed E-state index contributed by atoms with van der Waals surface area (Å²) >= 11 is 7.50. The zero-order chi connectivity index (χ0) is 13.7. The van der Waals surface area contributed by atoms with E-state index in [1.807, 2.05) is 66.9 Å². The molecule has 0 spiro atoms. The molecule has 0 fully saturated rings. The van der Waals surface area contributed by atoms with Gasteiger partial charge in [-0.05, 0) is 30.5 Å². The van der Waals surface area contributed by atoms with Crippen molar-refractivity contribution in [3.05, 3.63) is 76.2 Å². The third-order valence-corrected chi connectivity index (χ3v) is 3.89. The lowest BCUT2D eigenvalue weighted by molar-refractivity contribution is 1.37. The molecular formula is C16H14ClNS. The van der Waals surface area contributed by atoms with Crippen LogP contribution in [0.5, 0.6) is 0 Å². The van der Waals surface area contributed by atoms with Gasteiger partial charge in [-0.15, -0.1) is 0 Å². The van der Waals surface area contributed by atoms with Gasteiger partial charge in [0.1, 0.15) is 0 Å². The molecule has 2 aromatic carbocycles. The van der Waals surface area contributed by atoms with Crippen LogP contribution in [0.15, 0.2) is 64.9 Å². The van der Waals surface area contributed by atoms with Crippen molar-refractivity contribution in [2.45, 2.75) is 11.8 Å². The van der Waals surface area contributed by atoms with E-state index in [-0.39, 0.29) is 0 Å². The summed E-state index contributed by atoms with van der Waals surface area (Å²) < 4.78 is 0. The predicted molar refractivity (Wildman–Crippen MR) is 84.5 cm³/mol. The van der Waals surface area contributed by atoms with E-state index in [0.717, 1.165) is 16.0 Å². The van der Waals surface area contributed by atoms with Gasteiger partial charge in [-0.1, -0.05) is 59.8 Å². The number of nitrogens with one attached hydrogen (secondary N) is 1. The van der Waals surface area contributed by atoms with Gasteiger partial charge in [-0.25, -0.2) is 0 Å². The minimum absolute atomic E-state index is 0.518. The summed E-state index contributed by atoms with van der Waals surface area (Å²) in [5.74, 6) is 0. The van der Waals surface area contributed by atoms with Crippen molar-refractivity contribution in [3.63, 3.8) is 0 Å². The highest BCUT2D eigenvalue weighted by Gasteiger charge is 2.09. The van der Waals surface area contributed by atoms with Crippen LogP contribution < -0.4 is 0 Å². The molecule has 0 amide bonds. The van der Waals surface area contributed by atoms with E-state index in [9.17, 15) is 0 Å². The van der Waals surface area contributed by atoms with Crippen LogP contribution in [0.4, 0.5) is 0 Å². The maximum Gasteiger partial charge on any atom is 0.0695 e. The van der Waals surface area contributed by atoms with Crippen LogP contribution in [0.25, 0.3) is 0 Å². The second-order valence-corrected chi connectivity index (χ2v) is 5.35. The second kappa shape index (κ2) is 6.60. The molecule has 0 heterocycles. The van der Waals surface area contributed by atoms with E-state index in [0.29, 0.717) is 10.7 Å². The molecule has 19 heavy (non-hydrogen) atoms. The molecule has 1 N–H and O–H groups in total. The number of allylic oxidation sites excluding steroid dienone is 1. The largest absolute Gasteiger partial charge is 0.300 e. The van der Waals surface area contributed by atoms with Crippen molar-refractivity contribution in [3.8, 4) is 0 Å². The lowest BCUT2D eigenvalue weighted by atomic mass is 10.0. The summed E-state index contributed by atoms with van der Waals surface area (Å²) in [5, 5.41) is 11.0. The molecule has 0 aliphatic heterocycles. The molecule has 2 rings (SSSR count). The average Bonchev–Trinajstić information content (AvgIpc) is 2.45. The zero-order valence-corrected chi connectivity index (χ0v) is 12.1. The van der Waals surface area contributed by atoms with Crippen LogP contribution >= 0.6 is 23.4 Å². The first-order valence-electron chi connectivity index (χ1n) is 5.94. The van der Waals surface area contributed by atoms with Gasteiger partial charge in [0.05, 0.1) is 5.71 Å². The van der Waals surface area contributed by atoms with Crippen molar-refractivity contribution in [2.75, 3.05) is 0 Å². The van der Waals surface area contributed by atoms with E-state index in [1.165, 1.54) is 0 Å². The SMILES string of the molecule is C/C=C/Sc1ccccc1C(=N)c1ccc(Cl)cc1. The third-order valence-electron chi connectivity index (χ3n) is 2.62. The van der Waals surface area contributed by atoms with E-state index < -0.39 is 0 Å². The van der Waals surface area contributed by atoms with Gasteiger partial charge in [-0.2, -0.15) is 0 Å². The van der Waals surface area contributed by atoms with Crippen molar-refractivity contribution >= 4 is 29.1 Å². The van der Waals surface area contributed by atoms with Crippen molar-refractivity contribution in [1.29, 1.82) is 5.41 Å². The van der Waals surface area contributed by atoms with Crippen molar-refractivity contribution in [2.24, 2.45) is 0 Å². The average molecular weight is 288 g/mol. The Morgan fingerprint density at radius 1 is 1.11 bits per heavy atom. The molecule has 0 saturated carbocycles. The number of rotatable bonds is 4. The van der Waals surface area contributed by atoms with Crippen LogP contribution in [-0.2, 0) is 0 Å². The smallest absolute Gasteiger partial charge is 0.0695 e. The van der Waals surface area contributed by atoms with Crippen LogP contribution in [0.3, 0.4) is 0 Å². The van der Waals surface area contributed by atoms with E-state index in [4.69, 9.17) is 17.0 Å². The third kappa shape index (κ3) is 3.49. The Hall–Kier alpha value is -1.51. The number of benzene rings is 2. The van der Waals surface area contributed by atoms with E-state index >= 15 is 0 Å². The normalized spacial score (nSPS) is 10.8. The Morgan fingerprint density at radius 2 is 1.79 bits per heavy atom. The molecule has 1 nitrogen and oxygen atoms in total. The maximum absolute atomic E-state index is 8.34. The molecule has 0 aliphatic rings. The summed E-state index contributed by atoms with van der Waals surface area (Å²) in [7, 11) is 0. The van der Waals surface area contributed by atoms with Gasteiger partial charge in [0.15, 0.2) is 0 Å². The summed E-state index contributed by atoms with van der Waals surface area (Å²) in [6.07, 6.45) is 1.99. The van der Waals surface area contributed by atoms with Gasteiger partial charge in [0.25, 0.3) is 0 Å². The molecule has 2 aromatic rings. The van der Waals surface area contributed by atoms with Gasteiger partial charge < -0.3 is 0 Å². The fourth-order valence-electron chi connectivity index (χ4n) is 1.69. The van der Waals surface area contributed by atoms with Gasteiger partial charge in [0.2, 0.25) is 0 Å². The Kier molecular flexibility index (Phi) is 4.83. The van der Waals surface area contributed by atoms with Gasteiger partial charge in [0, 0.05) is 21.0 Å². The second-order valence-electron chi connectivity index (χ2n) is 3.97. The van der Waals surface area contributed by atoms with Gasteiger partial charge in [-0.3, -0.25) is 5.41 Å². The molecule has 0 aromatic heterocycles. The van der Waals surface area contributed by atoms with Crippen molar-refractivity contribution in [1.82, 2.24) is 0 Å². The van der Waals surface area contributed by atoms with Crippen LogP contribution in [0, 0.1) is 5.41 Å². The molecule has 0 radical (unpaired) electrons. The van der Waals surface area contributed by atoms with Crippen LogP contribution in [0.2, 0.25) is 5.02 Å². The molecule has 0 unspecified atom stereocenters. The summed E-state index contributed by atoms with van der Waals surface area (Å²) in [6, 6.07) is 15.3. The minimum atomic E-state index is 0.518. The number of hydrogen-bond acceptors (Lipinski definition) is 2. The number of hydrogen-bond donors (Lipinski definition) is 1. The fraction of sp³-hybridized carbons (Fsp3) is 0.0625. The Bertz CT molecular complexity index is 602. The molecular weight excluding hydrogens is 274 g/mol. The Morgan fingerprint density at radius 3 is 2.47 bits per heavy atom. The summed E-state index contributed by atoms with van der Waals surface area (Å²) in [6.45, 7) is 1.99.